The minimum absolute atomic E-state index is 0.104. The molecule has 1 aromatic heterocycles. The Morgan fingerprint density at radius 2 is 1.92 bits per heavy atom. The molecule has 3 aromatic rings. The molecule has 0 aliphatic rings. The lowest BCUT2D eigenvalue weighted by atomic mass is 10.2. The van der Waals surface area contributed by atoms with Crippen molar-refractivity contribution in [1.82, 2.24) is 9.97 Å². The van der Waals surface area contributed by atoms with Crippen LogP contribution in [0.3, 0.4) is 0 Å². The third kappa shape index (κ3) is 4.49. The number of nitrogen functional groups attached to an aromatic ring is 1. The van der Waals surface area contributed by atoms with Crippen molar-refractivity contribution < 1.29 is 9.13 Å². The standard InChI is InChI=1S/C19H15FN4OS/c20-14-6-4-5-13(9-14)12-26-19-23-17(16(10-21)18(22)24-19)11-25-15-7-2-1-3-8-15/h1-9H,11-12H2,(H2,22,23,24). The maximum absolute atomic E-state index is 13.3. The normalized spacial score (nSPS) is 10.3. The topological polar surface area (TPSA) is 84.8 Å². The van der Waals surface area contributed by atoms with E-state index in [-0.39, 0.29) is 23.8 Å². The van der Waals surface area contributed by atoms with Crippen LogP contribution in [0.4, 0.5) is 10.2 Å². The number of anilines is 1. The fourth-order valence-electron chi connectivity index (χ4n) is 2.24. The second kappa shape index (κ2) is 8.32. The van der Waals surface area contributed by atoms with E-state index in [1.54, 1.807) is 6.07 Å². The van der Waals surface area contributed by atoms with E-state index in [0.717, 1.165) is 5.56 Å². The number of nitrogens with two attached hydrogens (primary N) is 1. The van der Waals surface area contributed by atoms with Gasteiger partial charge in [-0.1, -0.05) is 42.1 Å². The predicted octanol–water partition coefficient (Wildman–Crippen LogP) is 3.94. The molecule has 5 nitrogen and oxygen atoms in total. The third-order valence-corrected chi connectivity index (χ3v) is 4.40. The summed E-state index contributed by atoms with van der Waals surface area (Å²) in [6, 6.07) is 17.6. The molecule has 7 heteroatoms. The van der Waals surface area contributed by atoms with Gasteiger partial charge in [0, 0.05) is 5.75 Å². The molecule has 0 saturated carbocycles. The van der Waals surface area contributed by atoms with Crippen molar-refractivity contribution in [3.8, 4) is 11.8 Å². The van der Waals surface area contributed by atoms with Gasteiger partial charge < -0.3 is 10.5 Å². The Morgan fingerprint density at radius 3 is 2.65 bits per heavy atom. The molecule has 2 aromatic carbocycles. The van der Waals surface area contributed by atoms with Crippen LogP contribution in [0.25, 0.3) is 0 Å². The molecule has 0 amide bonds. The van der Waals surface area contributed by atoms with Crippen LogP contribution in [0, 0.1) is 17.1 Å². The summed E-state index contributed by atoms with van der Waals surface area (Å²) in [5.74, 6) is 0.973. The molecule has 0 radical (unpaired) electrons. The van der Waals surface area contributed by atoms with E-state index in [9.17, 15) is 9.65 Å². The summed E-state index contributed by atoms with van der Waals surface area (Å²) in [5, 5.41) is 9.73. The number of ether oxygens (including phenoxy) is 1. The van der Waals surface area contributed by atoms with Gasteiger partial charge in [0.1, 0.15) is 41.3 Å². The summed E-state index contributed by atoms with van der Waals surface area (Å²) in [6.45, 7) is 0.104. The van der Waals surface area contributed by atoms with Gasteiger partial charge in [-0.2, -0.15) is 5.26 Å². The van der Waals surface area contributed by atoms with Gasteiger partial charge in [0.2, 0.25) is 0 Å². The van der Waals surface area contributed by atoms with Crippen molar-refractivity contribution in [3.05, 3.63) is 77.2 Å². The molecule has 0 aliphatic heterocycles. The number of nitrogens with zero attached hydrogens (tertiary/aromatic N) is 3. The number of halogens is 1. The number of rotatable bonds is 6. The van der Waals surface area contributed by atoms with Crippen LogP contribution in [0.5, 0.6) is 5.75 Å². The van der Waals surface area contributed by atoms with Crippen LogP contribution in [-0.2, 0) is 12.4 Å². The fourth-order valence-corrected chi connectivity index (χ4v) is 3.05. The first kappa shape index (κ1) is 17.7. The van der Waals surface area contributed by atoms with Gasteiger partial charge >= 0.3 is 0 Å². The molecule has 26 heavy (non-hydrogen) atoms. The van der Waals surface area contributed by atoms with Crippen molar-refractivity contribution in [1.29, 1.82) is 5.26 Å². The molecule has 130 valence electrons. The number of thioether (sulfide) groups is 1. The lowest BCUT2D eigenvalue weighted by Crippen LogP contribution is -2.08. The molecule has 0 aliphatic carbocycles. The van der Waals surface area contributed by atoms with Gasteiger partial charge in [0.15, 0.2) is 5.16 Å². The van der Waals surface area contributed by atoms with Crippen LogP contribution >= 0.6 is 11.8 Å². The van der Waals surface area contributed by atoms with E-state index < -0.39 is 0 Å². The highest BCUT2D eigenvalue weighted by Crippen LogP contribution is 2.24. The molecule has 0 fully saturated rings. The van der Waals surface area contributed by atoms with Gasteiger partial charge in [-0.25, -0.2) is 14.4 Å². The molecule has 2 N–H and O–H groups in total. The quantitative estimate of drug-likeness (QED) is 0.525. The Labute approximate surface area is 154 Å². The Bertz CT molecular complexity index is 944. The molecule has 0 atom stereocenters. The molecular formula is C19H15FN4OS. The van der Waals surface area contributed by atoms with E-state index in [2.05, 4.69) is 9.97 Å². The fraction of sp³-hybridized carbons (Fsp3) is 0.105. The molecule has 0 saturated heterocycles. The smallest absolute Gasteiger partial charge is 0.190 e. The monoisotopic (exact) mass is 366 g/mol. The molecule has 0 unspecified atom stereocenters. The minimum Gasteiger partial charge on any atom is -0.487 e. The zero-order chi connectivity index (χ0) is 18.4. The summed E-state index contributed by atoms with van der Waals surface area (Å²) < 4.78 is 18.9. The Balaban J connectivity index is 1.76. The van der Waals surface area contributed by atoms with Gasteiger partial charge in [0.25, 0.3) is 0 Å². The Morgan fingerprint density at radius 1 is 1.12 bits per heavy atom. The summed E-state index contributed by atoms with van der Waals surface area (Å²) >= 11 is 1.32. The lowest BCUT2D eigenvalue weighted by molar-refractivity contribution is 0.299. The second-order valence-corrected chi connectivity index (χ2v) is 6.29. The summed E-state index contributed by atoms with van der Waals surface area (Å²) in [7, 11) is 0. The SMILES string of the molecule is N#Cc1c(N)nc(SCc2cccc(F)c2)nc1COc1ccccc1. The average Bonchev–Trinajstić information content (AvgIpc) is 2.65. The maximum atomic E-state index is 13.3. The van der Waals surface area contributed by atoms with Crippen LogP contribution in [-0.4, -0.2) is 9.97 Å². The predicted molar refractivity (Wildman–Crippen MR) is 97.9 cm³/mol. The van der Waals surface area contributed by atoms with Crippen LogP contribution in [0.1, 0.15) is 16.8 Å². The largest absolute Gasteiger partial charge is 0.487 e. The third-order valence-electron chi connectivity index (χ3n) is 3.48. The number of aromatic nitrogens is 2. The first-order valence-corrected chi connectivity index (χ1v) is 8.76. The summed E-state index contributed by atoms with van der Waals surface area (Å²) in [6.07, 6.45) is 0. The highest BCUT2D eigenvalue weighted by Gasteiger charge is 2.13. The minimum atomic E-state index is -0.291. The number of hydrogen-bond acceptors (Lipinski definition) is 6. The van der Waals surface area contributed by atoms with E-state index in [1.807, 2.05) is 42.5 Å². The van der Waals surface area contributed by atoms with Crippen molar-refractivity contribution in [3.63, 3.8) is 0 Å². The first-order valence-electron chi connectivity index (χ1n) is 7.77. The van der Waals surface area contributed by atoms with Crippen LogP contribution in [0.2, 0.25) is 0 Å². The summed E-state index contributed by atoms with van der Waals surface area (Å²) in [5.41, 5.74) is 7.33. The lowest BCUT2D eigenvalue weighted by Gasteiger charge is -2.10. The summed E-state index contributed by atoms with van der Waals surface area (Å²) in [4.78, 5) is 8.54. The van der Waals surface area contributed by atoms with Gasteiger partial charge in [-0.15, -0.1) is 0 Å². The molecule has 1 heterocycles. The van der Waals surface area contributed by atoms with E-state index in [4.69, 9.17) is 10.5 Å². The van der Waals surface area contributed by atoms with E-state index in [0.29, 0.717) is 22.4 Å². The van der Waals surface area contributed by atoms with E-state index in [1.165, 1.54) is 23.9 Å². The molecular weight excluding hydrogens is 351 g/mol. The highest BCUT2D eigenvalue weighted by molar-refractivity contribution is 7.98. The van der Waals surface area contributed by atoms with Gasteiger partial charge in [-0.3, -0.25) is 0 Å². The maximum Gasteiger partial charge on any atom is 0.190 e. The van der Waals surface area contributed by atoms with Gasteiger partial charge in [-0.05, 0) is 29.8 Å². The van der Waals surface area contributed by atoms with Crippen LogP contribution in [0.15, 0.2) is 59.8 Å². The molecule has 3 rings (SSSR count). The first-order chi connectivity index (χ1) is 12.7. The molecule has 0 spiro atoms. The van der Waals surface area contributed by atoms with Gasteiger partial charge in [0.05, 0.1) is 0 Å². The highest BCUT2D eigenvalue weighted by atomic mass is 32.2. The van der Waals surface area contributed by atoms with Crippen molar-refractivity contribution >= 4 is 17.6 Å². The van der Waals surface area contributed by atoms with Crippen LogP contribution < -0.4 is 10.5 Å². The van der Waals surface area contributed by atoms with Crippen molar-refractivity contribution in [2.75, 3.05) is 5.73 Å². The second-order valence-electron chi connectivity index (χ2n) is 5.35. The zero-order valence-electron chi connectivity index (χ0n) is 13.7. The number of nitriles is 1. The van der Waals surface area contributed by atoms with Crippen molar-refractivity contribution in [2.45, 2.75) is 17.5 Å². The van der Waals surface area contributed by atoms with Crippen molar-refractivity contribution in [2.24, 2.45) is 0 Å². The number of hydrogen-bond donors (Lipinski definition) is 1. The molecule has 0 bridgehead atoms. The Kier molecular flexibility index (Phi) is 5.66. The van der Waals surface area contributed by atoms with E-state index >= 15 is 0 Å². The number of benzene rings is 2. The Hall–Kier alpha value is -3.11. The zero-order valence-corrected chi connectivity index (χ0v) is 14.5. The number of para-hydroxylation sites is 1. The average molecular weight is 366 g/mol.